The van der Waals surface area contributed by atoms with Gasteiger partial charge in [-0.25, -0.2) is 4.39 Å². The summed E-state index contributed by atoms with van der Waals surface area (Å²) in [7, 11) is 0. The third-order valence-electron chi connectivity index (χ3n) is 2.39. The van der Waals surface area contributed by atoms with Gasteiger partial charge < -0.3 is 5.11 Å². The first-order valence-corrected chi connectivity index (χ1v) is 5.17. The van der Waals surface area contributed by atoms with E-state index in [0.29, 0.717) is 11.5 Å². The van der Waals surface area contributed by atoms with Crippen LogP contribution in [0.2, 0.25) is 0 Å². The highest BCUT2D eigenvalue weighted by molar-refractivity contribution is 5.70. The number of carboxylic acid groups (broad SMARTS) is 1. The SMILES string of the molecule is O=C(O)Cc1ccc(C#CC2CC2)cc1F. The van der Waals surface area contributed by atoms with E-state index >= 15 is 0 Å². The number of rotatable bonds is 2. The summed E-state index contributed by atoms with van der Waals surface area (Å²) < 4.78 is 13.4. The minimum Gasteiger partial charge on any atom is -0.481 e. The van der Waals surface area contributed by atoms with Crippen molar-refractivity contribution in [1.82, 2.24) is 0 Å². The number of carbonyl (C=O) groups is 1. The van der Waals surface area contributed by atoms with Gasteiger partial charge in [0.25, 0.3) is 0 Å². The Bertz CT molecular complexity index is 478. The van der Waals surface area contributed by atoms with Gasteiger partial charge in [0.15, 0.2) is 0 Å². The number of halogens is 1. The average Bonchev–Trinajstić information content (AvgIpc) is 3.02. The van der Waals surface area contributed by atoms with Gasteiger partial charge in [0.1, 0.15) is 5.82 Å². The summed E-state index contributed by atoms with van der Waals surface area (Å²) in [5.74, 6) is 4.86. The van der Waals surface area contributed by atoms with E-state index in [9.17, 15) is 9.18 Å². The molecule has 0 spiro atoms. The summed E-state index contributed by atoms with van der Waals surface area (Å²) in [6.07, 6.45) is 1.97. The van der Waals surface area contributed by atoms with Gasteiger partial charge in [-0.3, -0.25) is 4.79 Å². The van der Waals surface area contributed by atoms with Gasteiger partial charge in [-0.1, -0.05) is 17.9 Å². The van der Waals surface area contributed by atoms with E-state index in [4.69, 9.17) is 5.11 Å². The average molecular weight is 218 g/mol. The Kier molecular flexibility index (Phi) is 2.91. The maximum absolute atomic E-state index is 13.4. The zero-order valence-electron chi connectivity index (χ0n) is 8.66. The van der Waals surface area contributed by atoms with Crippen LogP contribution >= 0.6 is 0 Å². The lowest BCUT2D eigenvalue weighted by Crippen LogP contribution is -2.02. The topological polar surface area (TPSA) is 37.3 Å². The van der Waals surface area contributed by atoms with E-state index in [1.807, 2.05) is 0 Å². The van der Waals surface area contributed by atoms with Gasteiger partial charge in [0, 0.05) is 11.5 Å². The summed E-state index contributed by atoms with van der Waals surface area (Å²) in [5.41, 5.74) is 0.808. The van der Waals surface area contributed by atoms with Gasteiger partial charge >= 0.3 is 5.97 Å². The molecule has 1 aliphatic rings. The molecule has 0 aromatic heterocycles. The number of benzene rings is 1. The van der Waals surface area contributed by atoms with Gasteiger partial charge in [-0.05, 0) is 30.5 Å². The van der Waals surface area contributed by atoms with Gasteiger partial charge in [-0.15, -0.1) is 0 Å². The van der Waals surface area contributed by atoms with Crippen LogP contribution in [-0.4, -0.2) is 11.1 Å². The van der Waals surface area contributed by atoms with Crippen LogP contribution in [0.5, 0.6) is 0 Å². The predicted octanol–water partition coefficient (Wildman–Crippen LogP) is 2.21. The van der Waals surface area contributed by atoms with Crippen LogP contribution in [-0.2, 0) is 11.2 Å². The van der Waals surface area contributed by atoms with Crippen molar-refractivity contribution >= 4 is 5.97 Å². The highest BCUT2D eigenvalue weighted by Crippen LogP contribution is 2.27. The Balaban J connectivity index is 2.15. The minimum absolute atomic E-state index is 0.199. The molecule has 1 aromatic carbocycles. The first-order chi connectivity index (χ1) is 7.65. The van der Waals surface area contributed by atoms with E-state index < -0.39 is 11.8 Å². The zero-order chi connectivity index (χ0) is 11.5. The molecule has 0 unspecified atom stereocenters. The smallest absolute Gasteiger partial charge is 0.307 e. The highest BCUT2D eigenvalue weighted by Gasteiger charge is 2.17. The van der Waals surface area contributed by atoms with Crippen molar-refractivity contribution in [2.45, 2.75) is 19.3 Å². The lowest BCUT2D eigenvalue weighted by atomic mass is 10.1. The first kappa shape index (κ1) is 10.7. The van der Waals surface area contributed by atoms with Crippen LogP contribution in [0, 0.1) is 23.6 Å². The summed E-state index contributed by atoms with van der Waals surface area (Å²) in [5, 5.41) is 8.55. The Morgan fingerprint density at radius 1 is 1.50 bits per heavy atom. The molecule has 0 amide bonds. The Hall–Kier alpha value is -1.82. The van der Waals surface area contributed by atoms with Gasteiger partial charge in [-0.2, -0.15) is 0 Å². The first-order valence-electron chi connectivity index (χ1n) is 5.17. The Labute approximate surface area is 93.1 Å². The van der Waals surface area contributed by atoms with Crippen molar-refractivity contribution in [2.75, 3.05) is 0 Å². The molecule has 1 aromatic rings. The van der Waals surface area contributed by atoms with E-state index in [0.717, 1.165) is 12.8 Å². The molecular formula is C13H11FO2. The fraction of sp³-hybridized carbons (Fsp3) is 0.308. The number of hydrogen-bond acceptors (Lipinski definition) is 1. The summed E-state index contributed by atoms with van der Waals surface area (Å²) in [4.78, 5) is 10.4. The molecule has 0 bridgehead atoms. The van der Waals surface area contributed by atoms with Crippen LogP contribution in [0.25, 0.3) is 0 Å². The third kappa shape index (κ3) is 2.83. The number of aliphatic carboxylic acids is 1. The molecule has 0 radical (unpaired) electrons. The molecule has 2 nitrogen and oxygen atoms in total. The molecule has 0 atom stereocenters. The molecule has 0 saturated heterocycles. The quantitative estimate of drug-likeness (QED) is 0.773. The largest absolute Gasteiger partial charge is 0.481 e. The molecule has 2 rings (SSSR count). The lowest BCUT2D eigenvalue weighted by molar-refractivity contribution is -0.136. The van der Waals surface area contributed by atoms with Crippen molar-refractivity contribution < 1.29 is 14.3 Å². The molecule has 1 saturated carbocycles. The number of carboxylic acids is 1. The second kappa shape index (κ2) is 4.36. The van der Waals surface area contributed by atoms with Crippen molar-refractivity contribution in [2.24, 2.45) is 5.92 Å². The summed E-state index contributed by atoms with van der Waals surface area (Å²) >= 11 is 0. The Morgan fingerprint density at radius 2 is 2.25 bits per heavy atom. The van der Waals surface area contributed by atoms with Crippen molar-refractivity contribution in [3.8, 4) is 11.8 Å². The maximum atomic E-state index is 13.4. The molecular weight excluding hydrogens is 207 g/mol. The van der Waals surface area contributed by atoms with Crippen LogP contribution in [0.4, 0.5) is 4.39 Å². The molecule has 0 heterocycles. The van der Waals surface area contributed by atoms with Gasteiger partial charge in [0.05, 0.1) is 6.42 Å². The van der Waals surface area contributed by atoms with Crippen LogP contribution in [0.3, 0.4) is 0 Å². The minimum atomic E-state index is -1.03. The molecule has 1 fully saturated rings. The molecule has 1 N–H and O–H groups in total. The second-order valence-electron chi connectivity index (χ2n) is 3.92. The highest BCUT2D eigenvalue weighted by atomic mass is 19.1. The summed E-state index contributed by atoms with van der Waals surface area (Å²) in [6, 6.07) is 4.45. The second-order valence-corrected chi connectivity index (χ2v) is 3.92. The van der Waals surface area contributed by atoms with Crippen LogP contribution in [0.1, 0.15) is 24.0 Å². The number of hydrogen-bond donors (Lipinski definition) is 1. The molecule has 0 aliphatic heterocycles. The fourth-order valence-corrected chi connectivity index (χ4v) is 1.34. The van der Waals surface area contributed by atoms with Crippen LogP contribution < -0.4 is 0 Å². The normalized spacial score (nSPS) is 14.1. The van der Waals surface area contributed by atoms with Crippen molar-refractivity contribution in [3.05, 3.63) is 35.1 Å². The predicted molar refractivity (Wildman–Crippen MR) is 57.3 cm³/mol. The van der Waals surface area contributed by atoms with E-state index in [1.165, 1.54) is 12.1 Å². The van der Waals surface area contributed by atoms with Crippen LogP contribution in [0.15, 0.2) is 18.2 Å². The standard InChI is InChI=1S/C13H11FO2/c14-12-7-10(4-3-9-1-2-9)5-6-11(12)8-13(15)16/h5-7,9H,1-2,8H2,(H,15,16). The van der Waals surface area contributed by atoms with Gasteiger partial charge in [0.2, 0.25) is 0 Å². The molecule has 3 heteroatoms. The lowest BCUT2D eigenvalue weighted by Gasteiger charge is -1.99. The summed E-state index contributed by atoms with van der Waals surface area (Å²) in [6.45, 7) is 0. The molecule has 1 aliphatic carbocycles. The Morgan fingerprint density at radius 3 is 2.81 bits per heavy atom. The molecule has 16 heavy (non-hydrogen) atoms. The monoisotopic (exact) mass is 218 g/mol. The van der Waals surface area contributed by atoms with Crippen molar-refractivity contribution in [1.29, 1.82) is 0 Å². The maximum Gasteiger partial charge on any atom is 0.307 e. The van der Waals surface area contributed by atoms with E-state index in [1.54, 1.807) is 6.07 Å². The third-order valence-corrected chi connectivity index (χ3v) is 2.39. The van der Waals surface area contributed by atoms with E-state index in [2.05, 4.69) is 11.8 Å². The zero-order valence-corrected chi connectivity index (χ0v) is 8.66. The fourth-order valence-electron chi connectivity index (χ4n) is 1.34. The molecule has 82 valence electrons. The van der Waals surface area contributed by atoms with E-state index in [-0.39, 0.29) is 12.0 Å². The van der Waals surface area contributed by atoms with Crippen molar-refractivity contribution in [3.63, 3.8) is 0 Å².